The number of aliphatic hydroxyl groups is 1. The van der Waals surface area contributed by atoms with E-state index < -0.39 is 6.10 Å². The Kier molecular flexibility index (Phi) is 2.85. The molecule has 4 rings (SSSR count). The smallest absolute Gasteiger partial charge is 0.225 e. The van der Waals surface area contributed by atoms with E-state index in [0.29, 0.717) is 30.3 Å². The largest absolute Gasteiger partial charge is 0.393 e. The molecule has 4 heterocycles. The van der Waals surface area contributed by atoms with Crippen LogP contribution >= 0.6 is 0 Å². The van der Waals surface area contributed by atoms with Gasteiger partial charge in [-0.25, -0.2) is 0 Å². The van der Waals surface area contributed by atoms with Crippen LogP contribution in [0.15, 0.2) is 0 Å². The van der Waals surface area contributed by atoms with Crippen molar-refractivity contribution in [1.82, 2.24) is 9.80 Å². The second-order valence-electron chi connectivity index (χ2n) is 6.94. The fourth-order valence-corrected chi connectivity index (χ4v) is 5.26. The highest BCUT2D eigenvalue weighted by Gasteiger charge is 2.51. The van der Waals surface area contributed by atoms with Gasteiger partial charge in [0.1, 0.15) is 0 Å². The van der Waals surface area contributed by atoms with Crippen LogP contribution in [0.2, 0.25) is 0 Å². The fraction of sp³-hybridized carbons (Fsp3) is 0.933. The van der Waals surface area contributed by atoms with E-state index in [1.54, 1.807) is 0 Å². The van der Waals surface area contributed by atoms with Crippen LogP contribution in [-0.4, -0.2) is 58.6 Å². The molecule has 4 aliphatic rings. The number of hydrogen-bond acceptors (Lipinski definition) is 3. The van der Waals surface area contributed by atoms with E-state index in [0.717, 1.165) is 13.0 Å². The minimum absolute atomic E-state index is 0.199. The minimum Gasteiger partial charge on any atom is -0.393 e. The van der Waals surface area contributed by atoms with Gasteiger partial charge in [-0.1, -0.05) is 0 Å². The Balaban J connectivity index is 1.65. The average Bonchev–Trinajstić information content (AvgIpc) is 2.41. The molecule has 1 amide bonds. The Morgan fingerprint density at radius 1 is 1.16 bits per heavy atom. The summed E-state index contributed by atoms with van der Waals surface area (Å²) in [6.45, 7) is 3.45. The zero-order chi connectivity index (χ0) is 13.0. The summed E-state index contributed by atoms with van der Waals surface area (Å²) < 4.78 is 0. The monoisotopic (exact) mass is 264 g/mol. The van der Waals surface area contributed by atoms with Crippen LogP contribution in [0.3, 0.4) is 0 Å². The summed E-state index contributed by atoms with van der Waals surface area (Å²) >= 11 is 0. The van der Waals surface area contributed by atoms with Crippen molar-refractivity contribution >= 4 is 5.91 Å². The van der Waals surface area contributed by atoms with Crippen LogP contribution in [-0.2, 0) is 4.79 Å². The summed E-state index contributed by atoms with van der Waals surface area (Å²) in [6.07, 6.45) is 5.86. The molecule has 0 unspecified atom stereocenters. The number of aliphatic hydroxyl groups excluding tert-OH is 1. The van der Waals surface area contributed by atoms with Gasteiger partial charge in [0.25, 0.3) is 0 Å². The fourth-order valence-electron chi connectivity index (χ4n) is 5.26. The molecule has 0 aromatic carbocycles. The molecule has 4 nitrogen and oxygen atoms in total. The Morgan fingerprint density at radius 3 is 2.79 bits per heavy atom. The van der Waals surface area contributed by atoms with E-state index in [2.05, 4.69) is 9.80 Å². The van der Waals surface area contributed by atoms with Gasteiger partial charge in [-0.2, -0.15) is 0 Å². The minimum atomic E-state index is -0.399. The highest BCUT2D eigenvalue weighted by atomic mass is 16.3. The van der Waals surface area contributed by atoms with Crippen molar-refractivity contribution in [3.63, 3.8) is 0 Å². The number of fused-ring (bicyclic) bond motifs is 2. The maximum Gasteiger partial charge on any atom is 0.225 e. The third kappa shape index (κ3) is 1.83. The molecule has 0 aromatic heterocycles. The first-order chi connectivity index (χ1) is 9.24. The summed E-state index contributed by atoms with van der Waals surface area (Å²) in [5.41, 5.74) is 0. The van der Waals surface area contributed by atoms with Crippen LogP contribution in [0.25, 0.3) is 0 Å². The van der Waals surface area contributed by atoms with Crippen LogP contribution in [0.1, 0.15) is 38.5 Å². The average molecular weight is 264 g/mol. The number of nitrogens with zero attached hydrogens (tertiary/aromatic N) is 2. The Labute approximate surface area is 114 Å². The van der Waals surface area contributed by atoms with Gasteiger partial charge in [0.2, 0.25) is 5.91 Å². The van der Waals surface area contributed by atoms with E-state index in [1.807, 2.05) is 0 Å². The molecule has 4 fully saturated rings. The third-order valence-electron chi connectivity index (χ3n) is 5.92. The van der Waals surface area contributed by atoms with Crippen LogP contribution in [0.5, 0.6) is 0 Å². The van der Waals surface area contributed by atoms with Crippen molar-refractivity contribution in [2.24, 2.45) is 11.8 Å². The Morgan fingerprint density at radius 2 is 1.95 bits per heavy atom. The molecule has 5 atom stereocenters. The highest BCUT2D eigenvalue weighted by molar-refractivity contribution is 5.78. The van der Waals surface area contributed by atoms with Crippen molar-refractivity contribution in [1.29, 1.82) is 0 Å². The number of rotatable bonds is 0. The summed E-state index contributed by atoms with van der Waals surface area (Å²) in [7, 11) is 0. The molecule has 0 aliphatic carbocycles. The first kappa shape index (κ1) is 12.2. The van der Waals surface area contributed by atoms with Gasteiger partial charge in [-0.3, -0.25) is 9.69 Å². The quantitative estimate of drug-likeness (QED) is 0.705. The summed E-state index contributed by atoms with van der Waals surface area (Å²) in [6, 6.07) is 1.01. The van der Waals surface area contributed by atoms with Gasteiger partial charge < -0.3 is 10.0 Å². The van der Waals surface area contributed by atoms with Crippen LogP contribution in [0, 0.1) is 11.8 Å². The molecular formula is C15H24N2O2. The van der Waals surface area contributed by atoms with E-state index in [-0.39, 0.29) is 5.91 Å². The molecule has 0 bridgehead atoms. The molecule has 4 aliphatic heterocycles. The van der Waals surface area contributed by atoms with E-state index in [9.17, 15) is 9.90 Å². The van der Waals surface area contributed by atoms with Crippen molar-refractivity contribution in [3.05, 3.63) is 0 Å². The lowest BCUT2D eigenvalue weighted by molar-refractivity contribution is -0.157. The number of carbonyl (C=O) groups is 1. The lowest BCUT2D eigenvalue weighted by Gasteiger charge is -2.58. The first-order valence-corrected chi connectivity index (χ1v) is 7.95. The zero-order valence-corrected chi connectivity index (χ0v) is 11.5. The normalized spacial score (nSPS) is 46.7. The summed E-state index contributed by atoms with van der Waals surface area (Å²) in [5.74, 6) is 1.51. The Hall–Kier alpha value is -0.610. The maximum atomic E-state index is 12.2. The van der Waals surface area contributed by atoms with Crippen molar-refractivity contribution < 1.29 is 9.90 Å². The van der Waals surface area contributed by atoms with Crippen LogP contribution in [0.4, 0.5) is 0 Å². The molecule has 19 heavy (non-hydrogen) atoms. The van der Waals surface area contributed by atoms with Crippen molar-refractivity contribution in [3.8, 4) is 0 Å². The molecule has 0 aromatic rings. The lowest BCUT2D eigenvalue weighted by Crippen LogP contribution is -2.67. The molecule has 0 radical (unpaired) electrons. The number of hydrogen-bond donors (Lipinski definition) is 1. The SMILES string of the molecule is O=C1C[C@H](O)C[C@@H]2[C@H]3CCCN4CCC[C@@H](CN12)[C@@H]34. The second kappa shape index (κ2) is 4.45. The van der Waals surface area contributed by atoms with Gasteiger partial charge in [0.05, 0.1) is 12.5 Å². The predicted molar refractivity (Wildman–Crippen MR) is 71.6 cm³/mol. The van der Waals surface area contributed by atoms with Gasteiger partial charge in [0, 0.05) is 18.6 Å². The maximum absolute atomic E-state index is 12.2. The molecule has 4 heteroatoms. The standard InChI is InChI=1S/C15H24N2O2/c18-11-7-13-12-4-2-6-16-5-1-3-10(15(12)16)9-17(13)14(19)8-11/h10-13,15,18H,1-9H2/t10-,11+,12+,13+,15-/m0/s1. The second-order valence-corrected chi connectivity index (χ2v) is 6.94. The Bertz CT molecular complexity index is 384. The van der Waals surface area contributed by atoms with Crippen LogP contribution < -0.4 is 0 Å². The third-order valence-corrected chi connectivity index (χ3v) is 5.92. The number of amides is 1. The molecule has 0 saturated carbocycles. The molecule has 1 N–H and O–H groups in total. The lowest BCUT2D eigenvalue weighted by atomic mass is 9.68. The van der Waals surface area contributed by atoms with E-state index in [1.165, 1.54) is 38.8 Å². The topological polar surface area (TPSA) is 43.8 Å². The number of piperidine rings is 4. The van der Waals surface area contributed by atoms with Gasteiger partial charge >= 0.3 is 0 Å². The van der Waals surface area contributed by atoms with Gasteiger partial charge in [-0.15, -0.1) is 0 Å². The molecule has 4 saturated heterocycles. The van der Waals surface area contributed by atoms with Crippen molar-refractivity contribution in [2.45, 2.75) is 56.7 Å². The summed E-state index contributed by atoms with van der Waals surface area (Å²) in [5, 5.41) is 9.95. The van der Waals surface area contributed by atoms with E-state index >= 15 is 0 Å². The molecular weight excluding hydrogens is 240 g/mol. The predicted octanol–water partition coefficient (Wildman–Crippen LogP) is 0.842. The first-order valence-electron chi connectivity index (χ1n) is 7.95. The molecule has 106 valence electrons. The molecule has 0 spiro atoms. The van der Waals surface area contributed by atoms with Crippen molar-refractivity contribution in [2.75, 3.05) is 19.6 Å². The van der Waals surface area contributed by atoms with Gasteiger partial charge in [0.15, 0.2) is 0 Å². The zero-order valence-electron chi connectivity index (χ0n) is 11.5. The number of carbonyl (C=O) groups excluding carboxylic acids is 1. The van der Waals surface area contributed by atoms with E-state index in [4.69, 9.17) is 0 Å². The highest BCUT2D eigenvalue weighted by Crippen LogP contribution is 2.44. The van der Waals surface area contributed by atoms with Gasteiger partial charge in [-0.05, 0) is 57.0 Å². The summed E-state index contributed by atoms with van der Waals surface area (Å²) in [4.78, 5) is 17.0.